The van der Waals surface area contributed by atoms with Crippen molar-refractivity contribution >= 4 is 39.9 Å². The maximum absolute atomic E-state index is 12.6. The third-order valence-electron chi connectivity index (χ3n) is 5.38. The van der Waals surface area contributed by atoms with Crippen LogP contribution in [0.3, 0.4) is 0 Å². The van der Waals surface area contributed by atoms with E-state index in [1.165, 1.54) is 13.1 Å². The van der Waals surface area contributed by atoms with Crippen LogP contribution in [0.4, 0.5) is 0 Å². The van der Waals surface area contributed by atoms with Crippen molar-refractivity contribution in [2.75, 3.05) is 0 Å². The second kappa shape index (κ2) is 6.60. The highest BCUT2D eigenvalue weighted by molar-refractivity contribution is 9.10. The Labute approximate surface area is 163 Å². The summed E-state index contributed by atoms with van der Waals surface area (Å²) in [7, 11) is 0. The van der Waals surface area contributed by atoms with Gasteiger partial charge < -0.3 is 9.84 Å². The highest BCUT2D eigenvalue weighted by Crippen LogP contribution is 2.52. The number of hydrazone groups is 1. The number of aliphatic carboxylic acids is 1. The second-order valence-corrected chi connectivity index (χ2v) is 7.88. The number of rotatable bonds is 5. The van der Waals surface area contributed by atoms with Crippen LogP contribution in [0.5, 0.6) is 5.75 Å². The molecule has 1 N–H and O–H groups in total. The normalized spacial score (nSPS) is 29.6. The molecule has 1 saturated carbocycles. The minimum atomic E-state index is -1.06. The molecule has 1 aromatic rings. The van der Waals surface area contributed by atoms with E-state index in [9.17, 15) is 14.4 Å². The van der Waals surface area contributed by atoms with E-state index in [0.29, 0.717) is 15.8 Å². The molecule has 2 fully saturated rings. The van der Waals surface area contributed by atoms with Gasteiger partial charge in [0.25, 0.3) is 11.8 Å². The Bertz CT molecular complexity index is 866. The Kier molecular flexibility index (Phi) is 4.38. The van der Waals surface area contributed by atoms with E-state index in [1.54, 1.807) is 18.2 Å². The largest absolute Gasteiger partial charge is 0.479 e. The van der Waals surface area contributed by atoms with Crippen LogP contribution in [0.25, 0.3) is 0 Å². The highest BCUT2D eigenvalue weighted by Gasteiger charge is 2.59. The van der Waals surface area contributed by atoms with Gasteiger partial charge in [0, 0.05) is 0 Å². The molecular weight excluding hydrogens is 416 g/mol. The molecule has 1 aromatic carbocycles. The highest BCUT2D eigenvalue weighted by atomic mass is 79.9. The molecule has 27 heavy (non-hydrogen) atoms. The quantitative estimate of drug-likeness (QED) is 0.437. The summed E-state index contributed by atoms with van der Waals surface area (Å²) >= 11 is 3.33. The Hall–Kier alpha value is -2.48. The molecule has 0 aromatic heterocycles. The molecule has 2 bridgehead atoms. The first-order valence-corrected chi connectivity index (χ1v) is 9.45. The lowest BCUT2D eigenvalue weighted by Crippen LogP contribution is -2.28. The van der Waals surface area contributed by atoms with Crippen molar-refractivity contribution < 1.29 is 24.2 Å². The molecule has 0 unspecified atom stereocenters. The summed E-state index contributed by atoms with van der Waals surface area (Å²) < 4.78 is 5.89. The van der Waals surface area contributed by atoms with Crippen LogP contribution in [0.15, 0.2) is 39.9 Å². The molecule has 0 spiro atoms. The van der Waals surface area contributed by atoms with Crippen LogP contribution in [0, 0.1) is 23.7 Å². The number of allylic oxidation sites excluding steroid dienone is 2. The van der Waals surface area contributed by atoms with Gasteiger partial charge >= 0.3 is 5.97 Å². The van der Waals surface area contributed by atoms with Crippen LogP contribution < -0.4 is 4.74 Å². The lowest BCUT2D eigenvalue weighted by atomic mass is 9.85. The minimum Gasteiger partial charge on any atom is -0.479 e. The van der Waals surface area contributed by atoms with E-state index in [4.69, 9.17) is 9.84 Å². The van der Waals surface area contributed by atoms with Crippen molar-refractivity contribution in [2.45, 2.75) is 19.4 Å². The number of fused-ring (bicyclic) bond motifs is 5. The van der Waals surface area contributed by atoms with Crippen LogP contribution in [0.1, 0.15) is 18.9 Å². The van der Waals surface area contributed by atoms with E-state index < -0.39 is 12.1 Å². The standard InChI is InChI=1S/C19H17BrN2O5/c1-9(19(25)26)27-14-5-2-10(6-13(14)20)8-21-22-17(23)15-11-3-4-12(7-11)16(15)18(22)24/h2-6,8-9,11-12,15-16H,7H2,1H3,(H,25,26)/t9-,11+,12+,15-,16+/m1/s1. The predicted octanol–water partition coefficient (Wildman–Crippen LogP) is 2.44. The Morgan fingerprint density at radius 3 is 2.48 bits per heavy atom. The molecule has 0 radical (unpaired) electrons. The van der Waals surface area contributed by atoms with Gasteiger partial charge in [-0.25, -0.2) is 4.79 Å². The molecule has 1 saturated heterocycles. The van der Waals surface area contributed by atoms with Gasteiger partial charge in [0.1, 0.15) is 5.75 Å². The predicted molar refractivity (Wildman–Crippen MR) is 99.0 cm³/mol. The molecule has 140 valence electrons. The number of hydrogen-bond donors (Lipinski definition) is 1. The van der Waals surface area contributed by atoms with E-state index in [-0.39, 0.29) is 35.5 Å². The first kappa shape index (κ1) is 17.9. The van der Waals surface area contributed by atoms with E-state index in [0.717, 1.165) is 11.4 Å². The molecular formula is C19H17BrN2O5. The summed E-state index contributed by atoms with van der Waals surface area (Å²) in [5, 5.41) is 14.0. The van der Waals surface area contributed by atoms with E-state index >= 15 is 0 Å². The lowest BCUT2D eigenvalue weighted by molar-refractivity contribution is -0.144. The first-order valence-electron chi connectivity index (χ1n) is 8.66. The molecule has 2 amide bonds. The number of nitrogens with zero attached hydrogens (tertiary/aromatic N) is 2. The lowest BCUT2D eigenvalue weighted by Gasteiger charge is -2.13. The number of hydrogen-bond acceptors (Lipinski definition) is 5. The number of carbonyl (C=O) groups excluding carboxylic acids is 2. The number of imide groups is 1. The number of benzene rings is 1. The summed E-state index contributed by atoms with van der Waals surface area (Å²) in [5.41, 5.74) is 0.649. The van der Waals surface area contributed by atoms with Crippen molar-refractivity contribution in [3.63, 3.8) is 0 Å². The summed E-state index contributed by atoms with van der Waals surface area (Å²) in [5.74, 6) is -1.38. The SMILES string of the molecule is C[C@@H](Oc1ccc(C=NN2C(=O)[C@@H]3[C@H](C2=O)[C@H]2C=C[C@H]3C2)cc1Br)C(=O)O. The zero-order chi connectivity index (χ0) is 19.3. The van der Waals surface area contributed by atoms with Crippen LogP contribution >= 0.6 is 15.9 Å². The zero-order valence-electron chi connectivity index (χ0n) is 14.4. The Morgan fingerprint density at radius 2 is 1.93 bits per heavy atom. The number of halogens is 1. The van der Waals surface area contributed by atoms with Gasteiger partial charge in [-0.1, -0.05) is 12.2 Å². The van der Waals surface area contributed by atoms with Gasteiger partial charge in [0.15, 0.2) is 6.10 Å². The number of ether oxygens (including phenoxy) is 1. The summed E-state index contributed by atoms with van der Waals surface area (Å²) in [4.78, 5) is 36.1. The van der Waals surface area contributed by atoms with Crippen LogP contribution in [0.2, 0.25) is 0 Å². The fraction of sp³-hybridized carbons (Fsp3) is 0.368. The topological polar surface area (TPSA) is 96.3 Å². The molecule has 1 aliphatic heterocycles. The molecule has 8 heteroatoms. The van der Waals surface area contributed by atoms with Crippen LogP contribution in [-0.2, 0) is 14.4 Å². The average molecular weight is 433 g/mol. The second-order valence-electron chi connectivity index (χ2n) is 7.02. The van der Waals surface area contributed by atoms with Gasteiger partial charge in [-0.15, -0.1) is 0 Å². The third kappa shape index (κ3) is 2.97. The maximum atomic E-state index is 12.6. The molecule has 7 nitrogen and oxygen atoms in total. The molecule has 1 heterocycles. The summed E-state index contributed by atoms with van der Waals surface area (Å²) in [6.07, 6.45) is 5.43. The monoisotopic (exact) mass is 432 g/mol. The Morgan fingerprint density at radius 1 is 1.30 bits per heavy atom. The number of amides is 2. The van der Waals surface area contributed by atoms with Gasteiger partial charge in [-0.3, -0.25) is 9.59 Å². The van der Waals surface area contributed by atoms with Crippen molar-refractivity contribution in [3.8, 4) is 5.75 Å². The fourth-order valence-corrected chi connectivity index (χ4v) is 4.55. The van der Waals surface area contributed by atoms with Crippen molar-refractivity contribution in [1.29, 1.82) is 0 Å². The summed E-state index contributed by atoms with van der Waals surface area (Å²) in [6, 6.07) is 4.97. The summed E-state index contributed by atoms with van der Waals surface area (Å²) in [6.45, 7) is 1.44. The van der Waals surface area contributed by atoms with Gasteiger partial charge in [-0.05, 0) is 64.9 Å². The van der Waals surface area contributed by atoms with Crippen LogP contribution in [-0.4, -0.2) is 40.2 Å². The van der Waals surface area contributed by atoms with Gasteiger partial charge in [0.2, 0.25) is 0 Å². The van der Waals surface area contributed by atoms with Gasteiger partial charge in [0.05, 0.1) is 22.5 Å². The number of carboxylic acids is 1. The number of carbonyl (C=O) groups is 3. The minimum absolute atomic E-state index is 0.151. The average Bonchev–Trinajstić information content (AvgIpc) is 3.30. The van der Waals surface area contributed by atoms with E-state index in [2.05, 4.69) is 21.0 Å². The zero-order valence-corrected chi connectivity index (χ0v) is 16.0. The Balaban J connectivity index is 1.49. The number of carboxylic acid groups (broad SMARTS) is 1. The van der Waals surface area contributed by atoms with Crippen molar-refractivity contribution in [3.05, 3.63) is 40.4 Å². The fourth-order valence-electron chi connectivity index (χ4n) is 4.06. The molecule has 2 aliphatic carbocycles. The maximum Gasteiger partial charge on any atom is 0.344 e. The van der Waals surface area contributed by atoms with Crippen molar-refractivity contribution in [2.24, 2.45) is 28.8 Å². The van der Waals surface area contributed by atoms with Gasteiger partial charge in [-0.2, -0.15) is 10.1 Å². The molecule has 4 rings (SSSR count). The smallest absolute Gasteiger partial charge is 0.344 e. The molecule has 5 atom stereocenters. The third-order valence-corrected chi connectivity index (χ3v) is 6.00. The van der Waals surface area contributed by atoms with Crippen molar-refractivity contribution in [1.82, 2.24) is 5.01 Å². The molecule has 3 aliphatic rings. The first-order chi connectivity index (χ1) is 12.9. The van der Waals surface area contributed by atoms with E-state index in [1.807, 2.05) is 12.2 Å².